The van der Waals surface area contributed by atoms with Crippen molar-refractivity contribution in [1.82, 2.24) is 15.0 Å². The zero-order valence-electron chi connectivity index (χ0n) is 21.2. The lowest BCUT2D eigenvalue weighted by Gasteiger charge is -2.37. The second-order valence-electron chi connectivity index (χ2n) is 9.07. The van der Waals surface area contributed by atoms with Crippen LogP contribution in [-0.4, -0.2) is 55.4 Å². The number of nitrogens with zero attached hydrogens (tertiary/aromatic N) is 5. The van der Waals surface area contributed by atoms with Crippen LogP contribution in [0.2, 0.25) is 5.02 Å². The van der Waals surface area contributed by atoms with Gasteiger partial charge >= 0.3 is 0 Å². The van der Waals surface area contributed by atoms with E-state index in [0.29, 0.717) is 11.0 Å². The SMILES string of the molecule is COc1ccc(Nc2nccc(N3CCN(c4c5ccc(Cl)cc5nc5ccc(OC)cc45)CC3)n2)cc1. The van der Waals surface area contributed by atoms with E-state index in [2.05, 4.69) is 32.2 Å². The molecule has 0 unspecified atom stereocenters. The third-order valence-corrected chi connectivity index (χ3v) is 7.06. The molecule has 1 saturated heterocycles. The minimum Gasteiger partial charge on any atom is -0.497 e. The molecule has 0 amide bonds. The van der Waals surface area contributed by atoms with Gasteiger partial charge in [0.2, 0.25) is 5.95 Å². The number of ether oxygens (including phenoxy) is 2. The van der Waals surface area contributed by atoms with Crippen molar-refractivity contribution in [3.05, 3.63) is 77.9 Å². The summed E-state index contributed by atoms with van der Waals surface area (Å²) in [6.07, 6.45) is 1.79. The van der Waals surface area contributed by atoms with Crippen molar-refractivity contribution in [2.24, 2.45) is 0 Å². The quantitative estimate of drug-likeness (QED) is 0.273. The number of nitrogens with one attached hydrogen (secondary N) is 1. The van der Waals surface area contributed by atoms with Crippen molar-refractivity contribution in [3.63, 3.8) is 0 Å². The van der Waals surface area contributed by atoms with Gasteiger partial charge in [-0.3, -0.25) is 0 Å². The first-order valence-electron chi connectivity index (χ1n) is 12.4. The molecule has 9 heteroatoms. The van der Waals surface area contributed by atoms with E-state index in [1.54, 1.807) is 20.4 Å². The highest BCUT2D eigenvalue weighted by Crippen LogP contribution is 2.37. The van der Waals surface area contributed by atoms with Gasteiger partial charge in [-0.2, -0.15) is 4.98 Å². The minimum absolute atomic E-state index is 0.560. The van der Waals surface area contributed by atoms with Gasteiger partial charge < -0.3 is 24.6 Å². The summed E-state index contributed by atoms with van der Waals surface area (Å²) < 4.78 is 10.8. The van der Waals surface area contributed by atoms with Crippen molar-refractivity contribution in [2.75, 3.05) is 55.5 Å². The van der Waals surface area contributed by atoms with E-state index < -0.39 is 0 Å². The van der Waals surface area contributed by atoms with Crippen LogP contribution in [-0.2, 0) is 0 Å². The molecule has 38 heavy (non-hydrogen) atoms. The summed E-state index contributed by atoms with van der Waals surface area (Å²) in [6.45, 7) is 3.31. The first-order valence-corrected chi connectivity index (χ1v) is 12.8. The van der Waals surface area contributed by atoms with Gasteiger partial charge in [0.1, 0.15) is 17.3 Å². The van der Waals surface area contributed by atoms with Crippen molar-refractivity contribution in [1.29, 1.82) is 0 Å². The predicted octanol–water partition coefficient (Wildman–Crippen LogP) is 5.92. The number of anilines is 4. The Morgan fingerprint density at radius 2 is 1.47 bits per heavy atom. The molecular weight excluding hydrogens is 500 g/mol. The maximum Gasteiger partial charge on any atom is 0.229 e. The molecule has 0 aliphatic carbocycles. The molecule has 5 aromatic rings. The number of methoxy groups -OCH3 is 2. The van der Waals surface area contributed by atoms with Crippen LogP contribution < -0.4 is 24.6 Å². The van der Waals surface area contributed by atoms with E-state index in [-0.39, 0.29) is 0 Å². The summed E-state index contributed by atoms with van der Waals surface area (Å²) in [5.41, 5.74) is 3.87. The molecule has 0 bridgehead atoms. The molecule has 0 atom stereocenters. The van der Waals surface area contributed by atoms with Gasteiger partial charge in [-0.05, 0) is 66.7 Å². The number of hydrogen-bond acceptors (Lipinski definition) is 8. The van der Waals surface area contributed by atoms with E-state index >= 15 is 0 Å². The highest BCUT2D eigenvalue weighted by Gasteiger charge is 2.23. The van der Waals surface area contributed by atoms with Crippen molar-refractivity contribution < 1.29 is 9.47 Å². The Hall–Kier alpha value is -4.30. The molecule has 0 saturated carbocycles. The Morgan fingerprint density at radius 3 is 2.24 bits per heavy atom. The van der Waals surface area contributed by atoms with Crippen LogP contribution in [0.4, 0.5) is 23.1 Å². The molecule has 3 heterocycles. The number of hydrogen-bond donors (Lipinski definition) is 1. The molecule has 1 fully saturated rings. The number of pyridine rings is 1. The van der Waals surface area contributed by atoms with Gasteiger partial charge in [0.05, 0.1) is 30.9 Å². The second kappa shape index (κ2) is 10.2. The Labute approximate surface area is 225 Å². The molecule has 1 N–H and O–H groups in total. The van der Waals surface area contributed by atoms with Crippen LogP contribution in [0, 0.1) is 0 Å². The van der Waals surface area contributed by atoms with Crippen LogP contribution in [0.1, 0.15) is 0 Å². The summed E-state index contributed by atoms with van der Waals surface area (Å²) in [5, 5.41) is 6.11. The zero-order chi connectivity index (χ0) is 26.1. The zero-order valence-corrected chi connectivity index (χ0v) is 21.9. The summed E-state index contributed by atoms with van der Waals surface area (Å²) in [5.74, 6) is 3.07. The van der Waals surface area contributed by atoms with Gasteiger partial charge in [0, 0.05) is 53.9 Å². The molecule has 3 aromatic carbocycles. The van der Waals surface area contributed by atoms with Crippen LogP contribution in [0.15, 0.2) is 72.9 Å². The van der Waals surface area contributed by atoms with Gasteiger partial charge in [-0.15, -0.1) is 0 Å². The third kappa shape index (κ3) is 4.70. The van der Waals surface area contributed by atoms with E-state index in [0.717, 1.165) is 76.7 Å². The third-order valence-electron chi connectivity index (χ3n) is 6.82. The Kier molecular flexibility index (Phi) is 6.47. The van der Waals surface area contributed by atoms with Crippen LogP contribution in [0.3, 0.4) is 0 Å². The molecule has 1 aliphatic heterocycles. The fourth-order valence-electron chi connectivity index (χ4n) is 4.89. The van der Waals surface area contributed by atoms with Gasteiger partial charge in [-0.25, -0.2) is 9.97 Å². The Balaban J connectivity index is 1.26. The highest BCUT2D eigenvalue weighted by molar-refractivity contribution is 6.31. The lowest BCUT2D eigenvalue weighted by atomic mass is 10.1. The molecule has 0 radical (unpaired) electrons. The summed E-state index contributed by atoms with van der Waals surface area (Å²) in [6, 6.07) is 21.6. The fraction of sp³-hybridized carbons (Fsp3) is 0.207. The molecular formula is C29H27ClN6O2. The molecule has 192 valence electrons. The number of aromatic nitrogens is 3. The highest BCUT2D eigenvalue weighted by atomic mass is 35.5. The summed E-state index contributed by atoms with van der Waals surface area (Å²) in [7, 11) is 3.34. The average molecular weight is 527 g/mol. The fourth-order valence-corrected chi connectivity index (χ4v) is 5.06. The second-order valence-corrected chi connectivity index (χ2v) is 9.51. The smallest absolute Gasteiger partial charge is 0.229 e. The van der Waals surface area contributed by atoms with E-state index in [1.807, 2.05) is 54.6 Å². The standard InChI is InChI=1S/C29H27ClN6O2/c1-37-21-6-4-20(5-7-21)32-29-31-12-11-27(34-29)35-13-15-36(16-14-35)28-23-9-3-19(30)17-26(23)33-25-10-8-22(38-2)18-24(25)28/h3-12,17-18H,13-16H2,1-2H3,(H,31,32,34). The molecule has 6 rings (SSSR count). The van der Waals surface area contributed by atoms with Crippen LogP contribution >= 0.6 is 11.6 Å². The number of rotatable bonds is 6. The van der Waals surface area contributed by atoms with E-state index in [9.17, 15) is 0 Å². The van der Waals surface area contributed by atoms with E-state index in [1.165, 1.54) is 0 Å². The number of fused-ring (bicyclic) bond motifs is 2. The average Bonchev–Trinajstić information content (AvgIpc) is 2.96. The maximum absolute atomic E-state index is 6.32. The lowest BCUT2D eigenvalue weighted by molar-refractivity contribution is 0.415. The Morgan fingerprint density at radius 1 is 0.737 bits per heavy atom. The van der Waals surface area contributed by atoms with Gasteiger partial charge in [0.15, 0.2) is 0 Å². The molecule has 2 aromatic heterocycles. The molecule has 8 nitrogen and oxygen atoms in total. The van der Waals surface area contributed by atoms with Crippen molar-refractivity contribution >= 4 is 56.5 Å². The number of piperazine rings is 1. The first-order chi connectivity index (χ1) is 18.6. The maximum atomic E-state index is 6.32. The summed E-state index contributed by atoms with van der Waals surface area (Å²) >= 11 is 6.32. The van der Waals surface area contributed by atoms with Crippen molar-refractivity contribution in [2.45, 2.75) is 0 Å². The largest absolute Gasteiger partial charge is 0.497 e. The van der Waals surface area contributed by atoms with Crippen molar-refractivity contribution in [3.8, 4) is 11.5 Å². The predicted molar refractivity (Wildman–Crippen MR) is 154 cm³/mol. The monoisotopic (exact) mass is 526 g/mol. The van der Waals surface area contributed by atoms with Crippen LogP contribution in [0.25, 0.3) is 21.8 Å². The lowest BCUT2D eigenvalue weighted by Crippen LogP contribution is -2.47. The first kappa shape index (κ1) is 24.1. The summed E-state index contributed by atoms with van der Waals surface area (Å²) in [4.78, 5) is 18.8. The number of halogens is 1. The minimum atomic E-state index is 0.560. The topological polar surface area (TPSA) is 75.6 Å². The van der Waals surface area contributed by atoms with Gasteiger partial charge in [-0.1, -0.05) is 11.6 Å². The van der Waals surface area contributed by atoms with Crippen LogP contribution in [0.5, 0.6) is 11.5 Å². The number of benzene rings is 3. The molecule has 0 spiro atoms. The Bertz CT molecular complexity index is 1600. The van der Waals surface area contributed by atoms with Gasteiger partial charge in [0.25, 0.3) is 0 Å². The molecule has 1 aliphatic rings. The van der Waals surface area contributed by atoms with E-state index in [4.69, 9.17) is 31.0 Å². The normalized spacial score (nSPS) is 13.7.